The van der Waals surface area contributed by atoms with Crippen molar-refractivity contribution in [3.63, 3.8) is 0 Å². The molecule has 0 aliphatic rings. The van der Waals surface area contributed by atoms with Crippen LogP contribution in [-0.2, 0) is 32.6 Å². The summed E-state index contributed by atoms with van der Waals surface area (Å²) in [5, 5.41) is 2.98. The van der Waals surface area contributed by atoms with E-state index in [1.807, 2.05) is 82.3 Å². The van der Waals surface area contributed by atoms with Gasteiger partial charge in [0, 0.05) is 23.5 Å². The van der Waals surface area contributed by atoms with Crippen LogP contribution in [0.25, 0.3) is 0 Å². The number of amides is 2. The normalized spacial score (nSPS) is 12.0. The molecule has 9 heteroatoms. The van der Waals surface area contributed by atoms with Crippen LogP contribution in [-0.4, -0.2) is 43.8 Å². The first-order chi connectivity index (χ1) is 20.9. The lowest BCUT2D eigenvalue weighted by Crippen LogP contribution is -2.54. The Morgan fingerprint density at radius 1 is 0.795 bits per heavy atom. The van der Waals surface area contributed by atoms with Crippen LogP contribution in [0.3, 0.4) is 0 Å². The van der Waals surface area contributed by atoms with E-state index in [0.29, 0.717) is 10.2 Å². The predicted octanol–water partition coefficient (Wildman–Crippen LogP) is 6.43. The van der Waals surface area contributed by atoms with E-state index in [9.17, 15) is 18.0 Å². The van der Waals surface area contributed by atoms with Crippen LogP contribution in [0.15, 0.2) is 112 Å². The standard InChI is InChI=1S/C35H38BrN3O4S/c1-25(2)37-35(41)33(21-28-11-6-5-7-12-28)38(23-29-13-8-10-27(4)20-29)34(40)24-39(31-15-9-14-30(36)22-31)44(42,43)32-18-16-26(3)17-19-32/h5-20,22,25,33H,21,23-24H2,1-4H3,(H,37,41)/t33-/m0/s1. The van der Waals surface area contributed by atoms with Gasteiger partial charge < -0.3 is 10.2 Å². The summed E-state index contributed by atoms with van der Waals surface area (Å²) in [4.78, 5) is 29.8. The summed E-state index contributed by atoms with van der Waals surface area (Å²) in [7, 11) is -4.16. The lowest BCUT2D eigenvalue weighted by molar-refractivity contribution is -0.140. The molecule has 0 bridgehead atoms. The Hall–Kier alpha value is -3.95. The summed E-state index contributed by atoms with van der Waals surface area (Å²) >= 11 is 3.44. The third kappa shape index (κ3) is 8.57. The molecule has 0 aliphatic heterocycles. The van der Waals surface area contributed by atoms with E-state index >= 15 is 0 Å². The lowest BCUT2D eigenvalue weighted by atomic mass is 10.0. The fourth-order valence-corrected chi connectivity index (χ4v) is 6.73. The Kier molecular flexibility index (Phi) is 11.0. The van der Waals surface area contributed by atoms with Gasteiger partial charge in [0.25, 0.3) is 10.0 Å². The highest BCUT2D eigenvalue weighted by atomic mass is 79.9. The van der Waals surface area contributed by atoms with Crippen LogP contribution in [0.2, 0.25) is 0 Å². The van der Waals surface area contributed by atoms with Gasteiger partial charge in [-0.3, -0.25) is 13.9 Å². The Balaban J connectivity index is 1.81. The minimum Gasteiger partial charge on any atom is -0.352 e. The molecule has 0 spiro atoms. The van der Waals surface area contributed by atoms with Gasteiger partial charge in [-0.25, -0.2) is 8.42 Å². The molecule has 2 amide bonds. The largest absolute Gasteiger partial charge is 0.352 e. The number of nitrogens with one attached hydrogen (secondary N) is 1. The maximum atomic E-state index is 14.5. The molecule has 0 unspecified atom stereocenters. The first-order valence-electron chi connectivity index (χ1n) is 14.5. The number of carbonyl (C=O) groups is 2. The first kappa shape index (κ1) is 33.0. The number of benzene rings is 4. The highest BCUT2D eigenvalue weighted by Gasteiger charge is 2.35. The van der Waals surface area contributed by atoms with E-state index in [1.54, 1.807) is 48.5 Å². The van der Waals surface area contributed by atoms with Gasteiger partial charge in [-0.15, -0.1) is 0 Å². The molecule has 7 nitrogen and oxygen atoms in total. The van der Waals surface area contributed by atoms with Crippen molar-refractivity contribution in [2.45, 2.75) is 57.6 Å². The second-order valence-corrected chi connectivity index (χ2v) is 14.0. The quantitative estimate of drug-likeness (QED) is 0.188. The summed E-state index contributed by atoms with van der Waals surface area (Å²) in [6.45, 7) is 7.20. The molecule has 0 fully saturated rings. The molecule has 0 saturated carbocycles. The number of nitrogens with zero attached hydrogens (tertiary/aromatic N) is 2. The van der Waals surface area contributed by atoms with Gasteiger partial charge in [-0.1, -0.05) is 99.9 Å². The molecule has 0 heterocycles. The average Bonchev–Trinajstić information content (AvgIpc) is 2.98. The Morgan fingerprint density at radius 3 is 2.09 bits per heavy atom. The van der Waals surface area contributed by atoms with Crippen LogP contribution in [0.5, 0.6) is 0 Å². The number of halogens is 1. The molecule has 44 heavy (non-hydrogen) atoms. The van der Waals surface area contributed by atoms with Gasteiger partial charge in [-0.2, -0.15) is 0 Å². The molecule has 4 aromatic carbocycles. The van der Waals surface area contributed by atoms with Gasteiger partial charge in [0.1, 0.15) is 12.6 Å². The topological polar surface area (TPSA) is 86.8 Å². The zero-order chi connectivity index (χ0) is 31.9. The van der Waals surface area contributed by atoms with Crippen molar-refractivity contribution >= 4 is 43.5 Å². The van der Waals surface area contributed by atoms with Crippen molar-refractivity contribution < 1.29 is 18.0 Å². The van der Waals surface area contributed by atoms with Crippen LogP contribution in [0.4, 0.5) is 5.69 Å². The van der Waals surface area contributed by atoms with Crippen LogP contribution < -0.4 is 9.62 Å². The lowest BCUT2D eigenvalue weighted by Gasteiger charge is -2.34. The number of rotatable bonds is 12. The zero-order valence-electron chi connectivity index (χ0n) is 25.4. The van der Waals surface area contributed by atoms with E-state index in [1.165, 1.54) is 4.90 Å². The van der Waals surface area contributed by atoms with Crippen molar-refractivity contribution in [2.75, 3.05) is 10.8 Å². The molecule has 1 atom stereocenters. The van der Waals surface area contributed by atoms with Crippen molar-refractivity contribution in [3.8, 4) is 0 Å². The van der Waals surface area contributed by atoms with Gasteiger partial charge >= 0.3 is 0 Å². The first-order valence-corrected chi connectivity index (χ1v) is 16.7. The van der Waals surface area contributed by atoms with Crippen LogP contribution >= 0.6 is 15.9 Å². The van der Waals surface area contributed by atoms with E-state index < -0.39 is 28.5 Å². The number of aryl methyl sites for hydroxylation is 2. The van der Waals surface area contributed by atoms with Gasteiger partial charge in [-0.05, 0) is 69.2 Å². The molecule has 1 N–H and O–H groups in total. The summed E-state index contributed by atoms with van der Waals surface area (Å²) in [5.74, 6) is -0.803. The zero-order valence-corrected chi connectivity index (χ0v) is 27.8. The summed E-state index contributed by atoms with van der Waals surface area (Å²) in [6, 6.07) is 29.6. The van der Waals surface area contributed by atoms with Crippen LogP contribution in [0, 0.1) is 13.8 Å². The van der Waals surface area contributed by atoms with Crippen molar-refractivity contribution in [2.24, 2.45) is 0 Å². The molecule has 0 radical (unpaired) electrons. The Morgan fingerprint density at radius 2 is 1.45 bits per heavy atom. The van der Waals surface area contributed by atoms with E-state index in [4.69, 9.17) is 0 Å². The highest BCUT2D eigenvalue weighted by Crippen LogP contribution is 2.27. The van der Waals surface area contributed by atoms with E-state index in [-0.39, 0.29) is 29.8 Å². The number of carbonyl (C=O) groups excluding carboxylic acids is 2. The van der Waals surface area contributed by atoms with Gasteiger partial charge in [0.15, 0.2) is 0 Å². The maximum absolute atomic E-state index is 14.5. The Bertz CT molecular complexity index is 1690. The molecular formula is C35H38BrN3O4S. The second kappa shape index (κ2) is 14.7. The van der Waals surface area contributed by atoms with Crippen molar-refractivity contribution in [1.29, 1.82) is 0 Å². The molecule has 4 aromatic rings. The molecule has 230 valence electrons. The molecule has 0 aromatic heterocycles. The molecule has 4 rings (SSSR count). The molecule has 0 saturated heterocycles. The highest BCUT2D eigenvalue weighted by molar-refractivity contribution is 9.10. The SMILES string of the molecule is Cc1ccc(S(=O)(=O)N(CC(=O)N(Cc2cccc(C)c2)[C@@H](Cc2ccccc2)C(=O)NC(C)C)c2cccc(Br)c2)cc1. The predicted molar refractivity (Wildman–Crippen MR) is 179 cm³/mol. The minimum absolute atomic E-state index is 0.0690. The Labute approximate surface area is 269 Å². The maximum Gasteiger partial charge on any atom is 0.264 e. The molecular weight excluding hydrogens is 638 g/mol. The third-order valence-electron chi connectivity index (χ3n) is 7.12. The van der Waals surface area contributed by atoms with Gasteiger partial charge in [0.2, 0.25) is 11.8 Å². The number of hydrogen-bond acceptors (Lipinski definition) is 4. The smallest absolute Gasteiger partial charge is 0.264 e. The number of anilines is 1. The van der Waals surface area contributed by atoms with Crippen LogP contribution in [0.1, 0.15) is 36.1 Å². The fourth-order valence-electron chi connectivity index (χ4n) is 4.94. The van der Waals surface area contributed by atoms with Crippen molar-refractivity contribution in [3.05, 3.63) is 130 Å². The average molecular weight is 677 g/mol. The second-order valence-electron chi connectivity index (χ2n) is 11.2. The minimum atomic E-state index is -4.16. The summed E-state index contributed by atoms with van der Waals surface area (Å²) in [6.07, 6.45) is 0.262. The number of hydrogen-bond donors (Lipinski definition) is 1. The summed E-state index contributed by atoms with van der Waals surface area (Å²) in [5.41, 5.74) is 3.98. The van der Waals surface area contributed by atoms with Gasteiger partial charge in [0.05, 0.1) is 10.6 Å². The third-order valence-corrected chi connectivity index (χ3v) is 9.40. The fraction of sp³-hybridized carbons (Fsp3) is 0.257. The van der Waals surface area contributed by atoms with E-state index in [0.717, 1.165) is 26.6 Å². The molecule has 0 aliphatic carbocycles. The summed E-state index contributed by atoms with van der Waals surface area (Å²) < 4.78 is 30.0. The van der Waals surface area contributed by atoms with E-state index in [2.05, 4.69) is 21.2 Å². The number of sulfonamides is 1. The monoisotopic (exact) mass is 675 g/mol. The van der Waals surface area contributed by atoms with Crippen molar-refractivity contribution in [1.82, 2.24) is 10.2 Å².